The summed E-state index contributed by atoms with van der Waals surface area (Å²) >= 11 is 0. The molecule has 138 valence electrons. The van der Waals surface area contributed by atoms with E-state index in [2.05, 4.69) is 20.9 Å². The number of ether oxygens (including phenoxy) is 1. The van der Waals surface area contributed by atoms with Crippen molar-refractivity contribution in [2.45, 2.75) is 6.92 Å². The van der Waals surface area contributed by atoms with Crippen LogP contribution in [0.25, 0.3) is 0 Å². The number of urea groups is 1. The number of halogens is 1. The Hall–Kier alpha value is -2.04. The molecule has 1 aliphatic heterocycles. The number of nitrogens with one attached hydrogen (secondary N) is 3. The molecule has 0 radical (unpaired) electrons. The fourth-order valence-corrected chi connectivity index (χ4v) is 2.16. The van der Waals surface area contributed by atoms with Crippen LogP contribution in [0.5, 0.6) is 5.75 Å². The van der Waals surface area contributed by atoms with Crippen LogP contribution in [0.1, 0.15) is 5.56 Å². The fourth-order valence-electron chi connectivity index (χ4n) is 2.16. The number of aryl methyl sites for hydroxylation is 1. The monoisotopic (exact) mass is 461 g/mol. The van der Waals surface area contributed by atoms with Crippen LogP contribution in [0.2, 0.25) is 0 Å². The molecule has 1 fully saturated rings. The first-order chi connectivity index (χ1) is 11.6. The Morgan fingerprint density at radius 2 is 1.92 bits per heavy atom. The van der Waals surface area contributed by atoms with E-state index >= 15 is 0 Å². The number of hydrogen-bond donors (Lipinski definition) is 3. The number of amides is 3. The fraction of sp³-hybridized carbons (Fsp3) is 0.438. The average molecular weight is 461 g/mol. The van der Waals surface area contributed by atoms with Gasteiger partial charge in [0.25, 0.3) is 0 Å². The molecule has 0 atom stereocenters. The lowest BCUT2D eigenvalue weighted by molar-refractivity contribution is -0.124. The summed E-state index contributed by atoms with van der Waals surface area (Å²) in [5.41, 5.74) is 1.19. The maximum absolute atomic E-state index is 11.4. The molecule has 0 aromatic heterocycles. The van der Waals surface area contributed by atoms with Crippen LogP contribution in [-0.2, 0) is 4.79 Å². The van der Waals surface area contributed by atoms with E-state index in [-0.39, 0.29) is 42.5 Å². The Morgan fingerprint density at radius 3 is 2.52 bits per heavy atom. The Morgan fingerprint density at radius 1 is 1.24 bits per heavy atom. The summed E-state index contributed by atoms with van der Waals surface area (Å²) in [5, 5.41) is 8.64. The van der Waals surface area contributed by atoms with Crippen LogP contribution in [0, 0.1) is 6.92 Å². The van der Waals surface area contributed by atoms with Crippen molar-refractivity contribution < 1.29 is 14.3 Å². The highest BCUT2D eigenvalue weighted by molar-refractivity contribution is 14.0. The molecule has 1 saturated heterocycles. The predicted octanol–water partition coefficient (Wildman–Crippen LogP) is 0.709. The van der Waals surface area contributed by atoms with E-state index in [1.54, 1.807) is 7.05 Å². The zero-order valence-corrected chi connectivity index (χ0v) is 16.7. The summed E-state index contributed by atoms with van der Waals surface area (Å²) in [6.45, 7) is 3.90. The first-order valence-electron chi connectivity index (χ1n) is 7.82. The van der Waals surface area contributed by atoms with E-state index in [1.807, 2.05) is 31.2 Å². The number of imide groups is 1. The van der Waals surface area contributed by atoms with E-state index in [9.17, 15) is 9.59 Å². The van der Waals surface area contributed by atoms with E-state index in [0.29, 0.717) is 32.2 Å². The SMILES string of the molecule is CN=C(NCCOc1ccc(C)cc1)NCCN1C(=O)CNC1=O.I. The molecule has 3 amide bonds. The van der Waals surface area contributed by atoms with Crippen LogP contribution in [-0.4, -0.2) is 62.6 Å². The molecule has 8 nitrogen and oxygen atoms in total. The lowest BCUT2D eigenvalue weighted by atomic mass is 10.2. The number of benzene rings is 1. The number of guanidine groups is 1. The zero-order chi connectivity index (χ0) is 17.4. The maximum Gasteiger partial charge on any atom is 0.324 e. The highest BCUT2D eigenvalue weighted by Gasteiger charge is 2.27. The minimum atomic E-state index is -0.351. The average Bonchev–Trinajstić information content (AvgIpc) is 2.90. The van der Waals surface area contributed by atoms with Crippen LogP contribution in [0.15, 0.2) is 29.3 Å². The third-order valence-corrected chi connectivity index (χ3v) is 3.47. The lowest BCUT2D eigenvalue weighted by Crippen LogP contribution is -2.44. The summed E-state index contributed by atoms with van der Waals surface area (Å²) in [6, 6.07) is 7.51. The number of aliphatic imine (C=N–C) groups is 1. The molecular formula is C16H24IN5O3. The molecule has 0 bridgehead atoms. The second-order valence-corrected chi connectivity index (χ2v) is 5.29. The summed E-state index contributed by atoms with van der Waals surface area (Å²) in [6.07, 6.45) is 0. The van der Waals surface area contributed by atoms with E-state index in [4.69, 9.17) is 4.74 Å². The molecule has 3 N–H and O–H groups in total. The van der Waals surface area contributed by atoms with Crippen molar-refractivity contribution in [1.29, 1.82) is 0 Å². The van der Waals surface area contributed by atoms with Crippen molar-refractivity contribution in [2.75, 3.05) is 39.8 Å². The van der Waals surface area contributed by atoms with E-state index in [0.717, 1.165) is 5.75 Å². The summed E-state index contributed by atoms with van der Waals surface area (Å²) in [5.74, 6) is 1.20. The topological polar surface area (TPSA) is 95.1 Å². The van der Waals surface area contributed by atoms with Crippen LogP contribution >= 0.6 is 24.0 Å². The van der Waals surface area contributed by atoms with Gasteiger partial charge >= 0.3 is 6.03 Å². The summed E-state index contributed by atoms with van der Waals surface area (Å²) in [7, 11) is 1.66. The summed E-state index contributed by atoms with van der Waals surface area (Å²) < 4.78 is 5.62. The van der Waals surface area contributed by atoms with Gasteiger partial charge in [0, 0.05) is 20.1 Å². The highest BCUT2D eigenvalue weighted by Crippen LogP contribution is 2.10. The molecule has 0 aliphatic carbocycles. The molecular weight excluding hydrogens is 437 g/mol. The molecule has 1 aliphatic rings. The number of carbonyl (C=O) groups is 2. The minimum Gasteiger partial charge on any atom is -0.492 e. The van der Waals surface area contributed by atoms with Crippen molar-refractivity contribution in [2.24, 2.45) is 4.99 Å². The second kappa shape index (κ2) is 10.7. The van der Waals surface area contributed by atoms with Gasteiger partial charge in [-0.15, -0.1) is 24.0 Å². The van der Waals surface area contributed by atoms with Crippen molar-refractivity contribution in [3.8, 4) is 5.75 Å². The Bertz CT molecular complexity index is 590. The number of rotatable bonds is 7. The van der Waals surface area contributed by atoms with Gasteiger partial charge in [-0.1, -0.05) is 17.7 Å². The second-order valence-electron chi connectivity index (χ2n) is 5.29. The molecule has 9 heteroatoms. The van der Waals surface area contributed by atoms with Crippen molar-refractivity contribution in [3.63, 3.8) is 0 Å². The molecule has 1 aromatic carbocycles. The third-order valence-electron chi connectivity index (χ3n) is 3.47. The van der Waals surface area contributed by atoms with Crippen molar-refractivity contribution in [1.82, 2.24) is 20.9 Å². The van der Waals surface area contributed by atoms with Gasteiger partial charge in [-0.2, -0.15) is 0 Å². The number of carbonyl (C=O) groups excluding carboxylic acids is 2. The van der Waals surface area contributed by atoms with Gasteiger partial charge in [-0.05, 0) is 19.1 Å². The Labute approximate surface area is 164 Å². The molecule has 0 unspecified atom stereocenters. The first-order valence-corrected chi connectivity index (χ1v) is 7.82. The molecule has 2 rings (SSSR count). The quantitative estimate of drug-likeness (QED) is 0.183. The van der Waals surface area contributed by atoms with Gasteiger partial charge in [0.1, 0.15) is 12.4 Å². The molecule has 0 spiro atoms. The predicted molar refractivity (Wildman–Crippen MR) is 107 cm³/mol. The molecule has 1 aromatic rings. The standard InChI is InChI=1S/C16H23N5O3.HI/c1-12-3-5-13(6-4-12)24-10-8-19-15(17-2)18-7-9-21-14(22)11-20-16(21)23;/h3-6H,7-11H2,1-2H3,(H,20,23)(H2,17,18,19);1H. The van der Waals surface area contributed by atoms with E-state index < -0.39 is 0 Å². The van der Waals surface area contributed by atoms with Crippen molar-refractivity contribution in [3.05, 3.63) is 29.8 Å². The van der Waals surface area contributed by atoms with Crippen LogP contribution < -0.4 is 20.7 Å². The minimum absolute atomic E-state index is 0. The van der Waals surface area contributed by atoms with Gasteiger partial charge in [0.15, 0.2) is 5.96 Å². The maximum atomic E-state index is 11.4. The Balaban J connectivity index is 0.00000312. The molecule has 1 heterocycles. The first kappa shape index (κ1) is 21.0. The lowest BCUT2D eigenvalue weighted by Gasteiger charge is -2.15. The van der Waals surface area contributed by atoms with Gasteiger partial charge in [-0.3, -0.25) is 14.7 Å². The normalized spacial score (nSPS) is 14.0. The third kappa shape index (κ3) is 6.77. The van der Waals surface area contributed by atoms with Gasteiger partial charge in [-0.25, -0.2) is 4.79 Å². The van der Waals surface area contributed by atoms with Gasteiger partial charge in [0.2, 0.25) is 5.91 Å². The smallest absolute Gasteiger partial charge is 0.324 e. The summed E-state index contributed by atoms with van der Waals surface area (Å²) in [4.78, 5) is 28.1. The molecule has 25 heavy (non-hydrogen) atoms. The van der Waals surface area contributed by atoms with Crippen LogP contribution in [0.3, 0.4) is 0 Å². The van der Waals surface area contributed by atoms with E-state index in [1.165, 1.54) is 10.5 Å². The van der Waals surface area contributed by atoms with Gasteiger partial charge < -0.3 is 20.7 Å². The zero-order valence-electron chi connectivity index (χ0n) is 14.4. The van der Waals surface area contributed by atoms with Crippen molar-refractivity contribution >= 4 is 41.9 Å². The van der Waals surface area contributed by atoms with Crippen LogP contribution in [0.4, 0.5) is 4.79 Å². The highest BCUT2D eigenvalue weighted by atomic mass is 127. The largest absolute Gasteiger partial charge is 0.492 e. The molecule has 0 saturated carbocycles. The van der Waals surface area contributed by atoms with Gasteiger partial charge in [0.05, 0.1) is 13.1 Å². The Kier molecular flexibility index (Phi) is 9.03. The number of hydrogen-bond acceptors (Lipinski definition) is 4. The number of nitrogens with zero attached hydrogens (tertiary/aromatic N) is 2.